The number of nitrogens with one attached hydrogen (secondary N) is 1. The van der Waals surface area contributed by atoms with Crippen molar-refractivity contribution in [3.63, 3.8) is 0 Å². The molecule has 4 rings (SSSR count). The summed E-state index contributed by atoms with van der Waals surface area (Å²) in [5.74, 6) is -2.26. The zero-order valence-corrected chi connectivity index (χ0v) is 22.1. The highest BCUT2D eigenvalue weighted by molar-refractivity contribution is 6.32. The molecule has 15 heteroatoms. The van der Waals surface area contributed by atoms with Gasteiger partial charge in [-0.05, 0) is 47.9 Å². The first kappa shape index (κ1) is 32.1. The average Bonchev–Trinajstić information content (AvgIpc) is 3.37. The number of hydrogen-bond acceptors (Lipinski definition) is 1. The number of alkyl halides is 10. The summed E-state index contributed by atoms with van der Waals surface area (Å²) in [6, 6.07) is 8.78. The predicted molar refractivity (Wildman–Crippen MR) is 134 cm³/mol. The van der Waals surface area contributed by atoms with Gasteiger partial charge in [0.2, 0.25) is 0 Å². The van der Waals surface area contributed by atoms with Crippen LogP contribution in [0.3, 0.4) is 0 Å². The zero-order valence-electron chi connectivity index (χ0n) is 21.4. The van der Waals surface area contributed by atoms with Crippen molar-refractivity contribution in [3.05, 3.63) is 106 Å². The summed E-state index contributed by atoms with van der Waals surface area (Å²) in [5.41, 5.74) is -8.63. The molecule has 0 fully saturated rings. The third-order valence-corrected chi connectivity index (χ3v) is 6.87. The molecule has 3 nitrogen and oxygen atoms in total. The second-order valence-corrected chi connectivity index (χ2v) is 9.97. The number of amides is 1. The molecule has 0 aliphatic carbocycles. The molecule has 1 amide bonds. The van der Waals surface area contributed by atoms with Gasteiger partial charge in [-0.2, -0.15) is 39.5 Å². The summed E-state index contributed by atoms with van der Waals surface area (Å²) in [6.45, 7) is -0.783. The largest absolute Gasteiger partial charge is 0.435 e. The molecule has 43 heavy (non-hydrogen) atoms. The molecule has 1 heterocycles. The van der Waals surface area contributed by atoms with E-state index < -0.39 is 53.6 Å². The molecule has 0 saturated heterocycles. The smallest absolute Gasteiger partial charge is 0.361 e. The Morgan fingerprint density at radius 2 is 1.40 bits per heavy atom. The van der Waals surface area contributed by atoms with E-state index in [1.54, 1.807) is 6.07 Å². The second-order valence-electron chi connectivity index (χ2n) is 9.53. The van der Waals surface area contributed by atoms with E-state index in [2.05, 4.69) is 4.98 Å². The number of aromatic amines is 1. The molecule has 0 unspecified atom stereocenters. The highest BCUT2D eigenvalue weighted by atomic mass is 35.5. The topological polar surface area (TPSA) is 36.1 Å². The Hall–Kier alpha value is -3.81. The van der Waals surface area contributed by atoms with E-state index in [4.69, 9.17) is 11.6 Å². The number of rotatable bonds is 7. The SMILES string of the molecule is O=C(c1cc(Cl)cc2cc[nH]c12)N(CCc1ccc(F)c(C(F)(F)F)c1)Cc1ccc(C(F)(C(F)(F)F)C(F)(F)F)cc1. The molecule has 0 aliphatic rings. The number of carbonyl (C=O) groups is 1. The standard InChI is InChI=1S/C28H18ClF11N2O/c29-19-12-17-7-9-41-23(17)20(13-19)24(43)42(10-8-15-3-6-22(30)21(11-15)26(32,33)34)14-16-1-4-18(5-2-16)25(31,27(35,36)37)28(38,39)40/h1-7,9,11-13,41H,8,10,14H2. The van der Waals surface area contributed by atoms with Crippen molar-refractivity contribution in [1.82, 2.24) is 9.88 Å². The van der Waals surface area contributed by atoms with Crippen LogP contribution in [-0.2, 0) is 24.8 Å². The maximum atomic E-state index is 14.5. The number of benzene rings is 3. The van der Waals surface area contributed by atoms with Crippen molar-refractivity contribution in [2.45, 2.75) is 37.2 Å². The quantitative estimate of drug-likeness (QED) is 0.201. The molecule has 0 aliphatic heterocycles. The molecule has 230 valence electrons. The van der Waals surface area contributed by atoms with Crippen molar-refractivity contribution in [2.24, 2.45) is 0 Å². The van der Waals surface area contributed by atoms with E-state index in [1.807, 2.05) is 0 Å². The van der Waals surface area contributed by atoms with Crippen LogP contribution in [0.2, 0.25) is 5.02 Å². The summed E-state index contributed by atoms with van der Waals surface area (Å²) in [4.78, 5) is 17.6. The number of H-pyrrole nitrogens is 1. The van der Waals surface area contributed by atoms with Gasteiger partial charge in [0.25, 0.3) is 5.91 Å². The summed E-state index contributed by atoms with van der Waals surface area (Å²) < 4.78 is 147. The van der Waals surface area contributed by atoms with Crippen LogP contribution in [-0.4, -0.2) is 34.7 Å². The van der Waals surface area contributed by atoms with E-state index in [9.17, 15) is 53.1 Å². The highest BCUT2D eigenvalue weighted by Crippen LogP contribution is 2.53. The molecule has 0 atom stereocenters. The lowest BCUT2D eigenvalue weighted by Crippen LogP contribution is -2.50. The third-order valence-electron chi connectivity index (χ3n) is 6.65. The van der Waals surface area contributed by atoms with Crippen LogP contribution in [0.25, 0.3) is 10.9 Å². The summed E-state index contributed by atoms with van der Waals surface area (Å²) in [7, 11) is 0. The maximum absolute atomic E-state index is 14.5. The molecule has 3 aromatic carbocycles. The van der Waals surface area contributed by atoms with Crippen LogP contribution in [0.15, 0.2) is 66.9 Å². The molecular formula is C28H18ClF11N2O. The van der Waals surface area contributed by atoms with Gasteiger partial charge in [-0.25, -0.2) is 8.78 Å². The van der Waals surface area contributed by atoms with Crippen molar-refractivity contribution in [2.75, 3.05) is 6.54 Å². The monoisotopic (exact) mass is 642 g/mol. The molecule has 0 spiro atoms. The Kier molecular flexibility index (Phi) is 8.48. The van der Waals surface area contributed by atoms with Crippen LogP contribution in [0.4, 0.5) is 48.3 Å². The first-order valence-electron chi connectivity index (χ1n) is 12.2. The Morgan fingerprint density at radius 1 is 0.791 bits per heavy atom. The number of nitrogens with zero attached hydrogens (tertiary/aromatic N) is 1. The minimum absolute atomic E-state index is 0.0103. The van der Waals surface area contributed by atoms with E-state index in [0.29, 0.717) is 23.0 Å². The van der Waals surface area contributed by atoms with Gasteiger partial charge in [0.05, 0.1) is 16.6 Å². The molecule has 1 N–H and O–H groups in total. The Bertz CT molecular complexity index is 1610. The number of carbonyl (C=O) groups excluding carboxylic acids is 1. The minimum Gasteiger partial charge on any atom is -0.361 e. The first-order chi connectivity index (χ1) is 19.8. The van der Waals surface area contributed by atoms with Gasteiger partial charge in [0.15, 0.2) is 0 Å². The van der Waals surface area contributed by atoms with Crippen molar-refractivity contribution >= 4 is 28.4 Å². The molecule has 0 radical (unpaired) electrons. The Balaban J connectivity index is 1.69. The molecule has 1 aromatic heterocycles. The summed E-state index contributed by atoms with van der Waals surface area (Å²) in [5, 5.41) is 0.666. The fraction of sp³-hybridized carbons (Fsp3) is 0.250. The molecule has 4 aromatic rings. The normalized spacial score (nSPS) is 13.0. The van der Waals surface area contributed by atoms with Gasteiger partial charge in [-0.1, -0.05) is 41.9 Å². The molecular weight excluding hydrogens is 625 g/mol. The number of hydrogen-bond donors (Lipinski definition) is 1. The van der Waals surface area contributed by atoms with Crippen molar-refractivity contribution < 1.29 is 53.1 Å². The predicted octanol–water partition coefficient (Wildman–Crippen LogP) is 9.15. The second kappa shape index (κ2) is 11.4. The van der Waals surface area contributed by atoms with Crippen LogP contribution in [0, 0.1) is 5.82 Å². The number of aromatic nitrogens is 1. The highest BCUT2D eigenvalue weighted by Gasteiger charge is 2.73. The van der Waals surface area contributed by atoms with Crippen molar-refractivity contribution in [3.8, 4) is 0 Å². The summed E-state index contributed by atoms with van der Waals surface area (Å²) in [6.07, 6.45) is -16.4. The van der Waals surface area contributed by atoms with Gasteiger partial charge < -0.3 is 9.88 Å². The minimum atomic E-state index is -6.33. The van der Waals surface area contributed by atoms with Gasteiger partial charge >= 0.3 is 24.2 Å². The fourth-order valence-corrected chi connectivity index (χ4v) is 4.71. The van der Waals surface area contributed by atoms with E-state index in [0.717, 1.165) is 23.1 Å². The first-order valence-corrected chi connectivity index (χ1v) is 12.5. The lowest BCUT2D eigenvalue weighted by atomic mass is 9.93. The van der Waals surface area contributed by atoms with Gasteiger partial charge in [0, 0.05) is 35.3 Å². The van der Waals surface area contributed by atoms with Crippen LogP contribution >= 0.6 is 11.6 Å². The lowest BCUT2D eigenvalue weighted by Gasteiger charge is -2.30. The molecule has 0 saturated carbocycles. The van der Waals surface area contributed by atoms with Crippen LogP contribution in [0.5, 0.6) is 0 Å². The lowest BCUT2D eigenvalue weighted by molar-refractivity contribution is -0.348. The van der Waals surface area contributed by atoms with Crippen LogP contribution in [0.1, 0.15) is 32.6 Å². The number of fused-ring (bicyclic) bond motifs is 1. The van der Waals surface area contributed by atoms with Crippen LogP contribution < -0.4 is 0 Å². The van der Waals surface area contributed by atoms with Gasteiger partial charge in [-0.3, -0.25) is 4.79 Å². The average molecular weight is 643 g/mol. The van der Waals surface area contributed by atoms with Gasteiger partial charge in [-0.15, -0.1) is 0 Å². The fourth-order valence-electron chi connectivity index (χ4n) is 4.48. The molecule has 0 bridgehead atoms. The van der Waals surface area contributed by atoms with Gasteiger partial charge in [0.1, 0.15) is 5.82 Å². The maximum Gasteiger partial charge on any atom is 0.435 e. The Labute approximate surface area is 240 Å². The summed E-state index contributed by atoms with van der Waals surface area (Å²) >= 11 is 6.13. The number of halogens is 12. The zero-order chi connectivity index (χ0) is 32.0. The van der Waals surface area contributed by atoms with E-state index in [-0.39, 0.29) is 46.8 Å². The van der Waals surface area contributed by atoms with Crippen molar-refractivity contribution in [1.29, 1.82) is 0 Å². The van der Waals surface area contributed by atoms with E-state index >= 15 is 0 Å². The third kappa shape index (κ3) is 6.43. The Morgan fingerprint density at radius 3 is 1.98 bits per heavy atom. The van der Waals surface area contributed by atoms with E-state index in [1.165, 1.54) is 18.3 Å².